The summed E-state index contributed by atoms with van der Waals surface area (Å²) in [6.45, 7) is 5.98. The van der Waals surface area contributed by atoms with Gasteiger partial charge in [0.1, 0.15) is 0 Å². The van der Waals surface area contributed by atoms with Gasteiger partial charge in [-0.15, -0.1) is 0 Å². The minimum absolute atomic E-state index is 0.139. The summed E-state index contributed by atoms with van der Waals surface area (Å²) < 4.78 is 2.00. The average molecular weight is 197 g/mol. The molecule has 0 radical (unpaired) electrons. The fourth-order valence-corrected chi connectivity index (χ4v) is 1.27. The van der Waals surface area contributed by atoms with Crippen LogP contribution in [0.5, 0.6) is 0 Å². The Morgan fingerprint density at radius 3 is 3.07 bits per heavy atom. The number of aliphatic hydroxyl groups excluding tert-OH is 1. The number of nitrogens with one attached hydrogen (secondary N) is 1. The average Bonchev–Trinajstić information content (AvgIpc) is 2.62. The molecule has 1 heterocycles. The Morgan fingerprint density at radius 2 is 2.43 bits per heavy atom. The topological polar surface area (TPSA) is 50.1 Å². The molecule has 0 saturated heterocycles. The lowest BCUT2D eigenvalue weighted by Gasteiger charge is -2.11. The molecule has 1 aromatic rings. The highest BCUT2D eigenvalue weighted by atomic mass is 16.3. The molecule has 2 N–H and O–H groups in total. The highest BCUT2D eigenvalue weighted by Gasteiger charge is 2.03. The van der Waals surface area contributed by atoms with Crippen molar-refractivity contribution in [2.45, 2.75) is 39.4 Å². The van der Waals surface area contributed by atoms with Gasteiger partial charge < -0.3 is 10.4 Å². The largest absolute Gasteiger partial charge is 0.395 e. The second-order valence-electron chi connectivity index (χ2n) is 3.51. The highest BCUT2D eigenvalue weighted by molar-refractivity contribution is 5.00. The fraction of sp³-hybridized carbons (Fsp3) is 0.700. The van der Waals surface area contributed by atoms with E-state index in [1.165, 1.54) is 5.69 Å². The smallest absolute Gasteiger partial charge is 0.0582 e. The van der Waals surface area contributed by atoms with Crippen LogP contribution in [0.4, 0.5) is 0 Å². The van der Waals surface area contributed by atoms with Crippen molar-refractivity contribution in [3.05, 3.63) is 18.0 Å². The van der Waals surface area contributed by atoms with Crippen molar-refractivity contribution in [3.63, 3.8) is 0 Å². The molecule has 1 aromatic heterocycles. The van der Waals surface area contributed by atoms with Crippen LogP contribution in [0.2, 0.25) is 0 Å². The fourth-order valence-electron chi connectivity index (χ4n) is 1.27. The van der Waals surface area contributed by atoms with Crippen LogP contribution in [0.3, 0.4) is 0 Å². The van der Waals surface area contributed by atoms with Crippen molar-refractivity contribution in [1.82, 2.24) is 15.1 Å². The summed E-state index contributed by atoms with van der Waals surface area (Å²) in [5.41, 5.74) is 1.17. The van der Waals surface area contributed by atoms with Gasteiger partial charge in [0.05, 0.1) is 12.3 Å². The first-order chi connectivity index (χ1) is 6.77. The van der Waals surface area contributed by atoms with Crippen molar-refractivity contribution >= 4 is 0 Å². The van der Waals surface area contributed by atoms with E-state index in [0.29, 0.717) is 0 Å². The third kappa shape index (κ3) is 3.12. The standard InChI is InChI=1S/C10H19N3O/c1-3-6-13-10(4-5-12-13)7-11-9(2)8-14/h4-5,9,11,14H,3,6-8H2,1-2H3/t9-/m1/s1. The Hall–Kier alpha value is -0.870. The van der Waals surface area contributed by atoms with Crippen LogP contribution < -0.4 is 5.32 Å². The molecule has 0 unspecified atom stereocenters. The van der Waals surface area contributed by atoms with Gasteiger partial charge in [-0.2, -0.15) is 5.10 Å². The Labute approximate surface area is 84.9 Å². The van der Waals surface area contributed by atoms with Crippen LogP contribution in [0.15, 0.2) is 12.3 Å². The van der Waals surface area contributed by atoms with Gasteiger partial charge in [0.25, 0.3) is 0 Å². The predicted octanol–water partition coefficient (Wildman–Crippen LogP) is 0.763. The SMILES string of the molecule is CCCn1nccc1CN[C@H](C)CO. The number of aromatic nitrogens is 2. The number of aryl methyl sites for hydroxylation is 1. The van der Waals surface area contributed by atoms with Gasteiger partial charge in [0, 0.05) is 25.3 Å². The van der Waals surface area contributed by atoms with Crippen molar-refractivity contribution < 1.29 is 5.11 Å². The molecule has 14 heavy (non-hydrogen) atoms. The first kappa shape index (κ1) is 11.2. The molecular weight excluding hydrogens is 178 g/mol. The van der Waals surface area contributed by atoms with Crippen LogP contribution in [0.1, 0.15) is 26.0 Å². The zero-order valence-corrected chi connectivity index (χ0v) is 8.90. The summed E-state index contributed by atoms with van der Waals surface area (Å²) in [5.74, 6) is 0. The van der Waals surface area contributed by atoms with Crippen molar-refractivity contribution in [2.24, 2.45) is 0 Å². The van der Waals surface area contributed by atoms with Gasteiger partial charge in [-0.05, 0) is 19.4 Å². The minimum atomic E-state index is 0.139. The van der Waals surface area contributed by atoms with Crippen LogP contribution in [0, 0.1) is 0 Å². The van der Waals surface area contributed by atoms with Crippen LogP contribution in [0.25, 0.3) is 0 Å². The Bertz CT molecular complexity index is 260. The first-order valence-corrected chi connectivity index (χ1v) is 5.12. The van der Waals surface area contributed by atoms with Gasteiger partial charge in [0.15, 0.2) is 0 Å². The van der Waals surface area contributed by atoms with E-state index in [4.69, 9.17) is 5.11 Å². The summed E-state index contributed by atoms with van der Waals surface area (Å²) >= 11 is 0. The van der Waals surface area contributed by atoms with E-state index in [9.17, 15) is 0 Å². The van der Waals surface area contributed by atoms with Crippen molar-refractivity contribution in [1.29, 1.82) is 0 Å². The second-order valence-corrected chi connectivity index (χ2v) is 3.51. The summed E-state index contributed by atoms with van der Waals surface area (Å²) in [6.07, 6.45) is 2.90. The summed E-state index contributed by atoms with van der Waals surface area (Å²) in [7, 11) is 0. The quantitative estimate of drug-likeness (QED) is 0.708. The Morgan fingerprint density at radius 1 is 1.64 bits per heavy atom. The Kier molecular flexibility index (Phi) is 4.62. The van der Waals surface area contributed by atoms with Crippen LogP contribution >= 0.6 is 0 Å². The molecule has 0 spiro atoms. The van der Waals surface area contributed by atoms with Crippen LogP contribution in [-0.2, 0) is 13.1 Å². The third-order valence-electron chi connectivity index (χ3n) is 2.15. The molecule has 0 fully saturated rings. The second kappa shape index (κ2) is 5.78. The molecule has 0 amide bonds. The summed E-state index contributed by atoms with van der Waals surface area (Å²) in [4.78, 5) is 0. The first-order valence-electron chi connectivity index (χ1n) is 5.12. The van der Waals surface area contributed by atoms with E-state index in [1.54, 1.807) is 0 Å². The van der Waals surface area contributed by atoms with Gasteiger partial charge in [-0.25, -0.2) is 0 Å². The molecule has 0 aliphatic heterocycles. The van der Waals surface area contributed by atoms with E-state index >= 15 is 0 Å². The maximum atomic E-state index is 8.85. The zero-order valence-electron chi connectivity index (χ0n) is 8.90. The predicted molar refractivity (Wildman–Crippen MR) is 55.9 cm³/mol. The third-order valence-corrected chi connectivity index (χ3v) is 2.15. The number of aliphatic hydroxyl groups is 1. The van der Waals surface area contributed by atoms with Crippen molar-refractivity contribution in [2.75, 3.05) is 6.61 Å². The maximum absolute atomic E-state index is 8.85. The molecule has 4 nitrogen and oxygen atoms in total. The summed E-state index contributed by atoms with van der Waals surface area (Å²) in [6, 6.07) is 2.15. The van der Waals surface area contributed by atoms with Crippen molar-refractivity contribution in [3.8, 4) is 0 Å². The van der Waals surface area contributed by atoms with E-state index in [1.807, 2.05) is 23.9 Å². The molecule has 0 aromatic carbocycles. The lowest BCUT2D eigenvalue weighted by molar-refractivity contribution is 0.250. The van der Waals surface area contributed by atoms with Gasteiger partial charge >= 0.3 is 0 Å². The molecule has 1 atom stereocenters. The van der Waals surface area contributed by atoms with E-state index in [0.717, 1.165) is 19.5 Å². The summed E-state index contributed by atoms with van der Waals surface area (Å²) in [5, 5.41) is 16.3. The molecule has 80 valence electrons. The van der Waals surface area contributed by atoms with E-state index in [2.05, 4.69) is 17.3 Å². The lowest BCUT2D eigenvalue weighted by Crippen LogP contribution is -2.29. The molecule has 0 aliphatic rings. The number of hydrogen-bond donors (Lipinski definition) is 2. The number of nitrogens with zero attached hydrogens (tertiary/aromatic N) is 2. The highest BCUT2D eigenvalue weighted by Crippen LogP contribution is 2.00. The molecule has 1 rings (SSSR count). The van der Waals surface area contributed by atoms with E-state index in [-0.39, 0.29) is 12.6 Å². The molecule has 0 bridgehead atoms. The Balaban J connectivity index is 2.45. The minimum Gasteiger partial charge on any atom is -0.395 e. The number of hydrogen-bond acceptors (Lipinski definition) is 3. The maximum Gasteiger partial charge on any atom is 0.0582 e. The molecule has 4 heteroatoms. The van der Waals surface area contributed by atoms with Gasteiger partial charge in [0.2, 0.25) is 0 Å². The molecular formula is C10H19N3O. The zero-order chi connectivity index (χ0) is 10.4. The molecule has 0 saturated carbocycles. The monoisotopic (exact) mass is 197 g/mol. The number of rotatable bonds is 6. The lowest BCUT2D eigenvalue weighted by atomic mass is 10.3. The van der Waals surface area contributed by atoms with Crippen LogP contribution in [-0.4, -0.2) is 27.5 Å². The van der Waals surface area contributed by atoms with Gasteiger partial charge in [-0.3, -0.25) is 4.68 Å². The normalized spacial score (nSPS) is 13.1. The molecule has 0 aliphatic carbocycles. The van der Waals surface area contributed by atoms with E-state index < -0.39 is 0 Å². The van der Waals surface area contributed by atoms with Gasteiger partial charge in [-0.1, -0.05) is 6.92 Å².